The molecule has 1 amide bonds. The van der Waals surface area contributed by atoms with Crippen LogP contribution in [0.3, 0.4) is 0 Å². The van der Waals surface area contributed by atoms with Crippen LogP contribution in [0.4, 0.5) is 13.6 Å². The minimum atomic E-state index is -1.22. The monoisotopic (exact) mass is 503 g/mol. The highest BCUT2D eigenvalue weighted by atomic mass is 19.2. The van der Waals surface area contributed by atoms with Crippen LogP contribution < -0.4 is 5.56 Å². The van der Waals surface area contributed by atoms with Gasteiger partial charge in [0.05, 0.1) is 29.6 Å². The first-order valence-corrected chi connectivity index (χ1v) is 12.0. The number of rotatable bonds is 3. The number of ether oxygens (including phenoxy) is 2. The molecule has 0 bridgehead atoms. The molecule has 4 rings (SSSR count). The molecule has 2 aromatic rings. The molecular formula is C26H31F2N3O5. The zero-order chi connectivity index (χ0) is 26.6. The molecule has 2 aliphatic rings. The number of esters is 1. The summed E-state index contributed by atoms with van der Waals surface area (Å²) in [5, 5.41) is 0. The highest BCUT2D eigenvalue weighted by Crippen LogP contribution is 2.41. The minimum absolute atomic E-state index is 0.0176. The topological polar surface area (TPSA) is 90.2 Å². The van der Waals surface area contributed by atoms with Crippen LogP contribution in [-0.2, 0) is 9.47 Å². The summed E-state index contributed by atoms with van der Waals surface area (Å²) in [6.07, 6.45) is 4.37. The Kier molecular flexibility index (Phi) is 8.33. The van der Waals surface area contributed by atoms with Crippen molar-refractivity contribution in [2.75, 3.05) is 19.7 Å². The van der Waals surface area contributed by atoms with Crippen LogP contribution in [-0.4, -0.2) is 51.6 Å². The van der Waals surface area contributed by atoms with Gasteiger partial charge < -0.3 is 14.4 Å². The van der Waals surface area contributed by atoms with E-state index in [2.05, 4.69) is 16.8 Å². The summed E-state index contributed by atoms with van der Waals surface area (Å²) in [6, 6.07) is 0. The number of carbonyl (C=O) groups is 2. The fourth-order valence-corrected chi connectivity index (χ4v) is 3.76. The maximum atomic E-state index is 14.2. The van der Waals surface area contributed by atoms with E-state index in [1.165, 1.54) is 6.92 Å². The lowest BCUT2D eigenvalue weighted by Gasteiger charge is -2.23. The van der Waals surface area contributed by atoms with E-state index >= 15 is 0 Å². The summed E-state index contributed by atoms with van der Waals surface area (Å²) in [6.45, 7) is 10.5. The van der Waals surface area contributed by atoms with Gasteiger partial charge in [-0.1, -0.05) is 5.92 Å². The second-order valence-corrected chi connectivity index (χ2v) is 9.58. The van der Waals surface area contributed by atoms with Crippen LogP contribution in [0.5, 0.6) is 0 Å². The standard InChI is InChI=1S/C17H14F2N2O3.C9H17NO2/c1-3-5-10-12(19)11(18)8-21-15(10)13(9-6-7-9)20-14(16(21)22)17(23)24-4-2;1-9(2,3)12-8(11)10-6-4-5-7-10/h8-9H,4,6-7H2,1-2H3;4-7H2,1-3H3. The van der Waals surface area contributed by atoms with Crippen LogP contribution in [0, 0.1) is 23.5 Å². The quantitative estimate of drug-likeness (QED) is 0.455. The molecule has 3 heterocycles. The van der Waals surface area contributed by atoms with Gasteiger partial charge in [0.1, 0.15) is 5.60 Å². The Morgan fingerprint density at radius 1 is 1.19 bits per heavy atom. The van der Waals surface area contributed by atoms with Gasteiger partial charge in [-0.25, -0.2) is 23.4 Å². The Hall–Kier alpha value is -3.48. The number of pyridine rings is 1. The van der Waals surface area contributed by atoms with Crippen molar-refractivity contribution >= 4 is 17.6 Å². The van der Waals surface area contributed by atoms with Gasteiger partial charge in [0.25, 0.3) is 5.56 Å². The van der Waals surface area contributed by atoms with Crippen LogP contribution >= 0.6 is 0 Å². The van der Waals surface area contributed by atoms with E-state index in [0.29, 0.717) is 5.69 Å². The number of halogens is 2. The fourth-order valence-electron chi connectivity index (χ4n) is 3.76. The molecule has 0 radical (unpaired) electrons. The molecule has 1 saturated heterocycles. The molecule has 194 valence electrons. The van der Waals surface area contributed by atoms with Crippen molar-refractivity contribution in [3.63, 3.8) is 0 Å². The second-order valence-electron chi connectivity index (χ2n) is 9.58. The Bertz CT molecular complexity index is 1280. The predicted octanol–water partition coefficient (Wildman–Crippen LogP) is 4.42. The first-order chi connectivity index (χ1) is 17.0. The largest absolute Gasteiger partial charge is 0.461 e. The molecule has 0 aromatic carbocycles. The van der Waals surface area contributed by atoms with Gasteiger partial charge in [-0.15, -0.1) is 5.92 Å². The van der Waals surface area contributed by atoms with E-state index in [-0.39, 0.29) is 35.3 Å². The number of hydrogen-bond acceptors (Lipinski definition) is 6. The van der Waals surface area contributed by atoms with Crippen molar-refractivity contribution in [2.45, 2.75) is 71.8 Å². The molecule has 0 spiro atoms. The number of aromatic nitrogens is 2. The van der Waals surface area contributed by atoms with Crippen molar-refractivity contribution in [1.29, 1.82) is 0 Å². The third-order valence-electron chi connectivity index (χ3n) is 5.49. The van der Waals surface area contributed by atoms with Gasteiger partial charge in [0, 0.05) is 19.0 Å². The maximum Gasteiger partial charge on any atom is 0.410 e. The lowest BCUT2D eigenvalue weighted by Crippen LogP contribution is -2.34. The molecule has 1 aliphatic carbocycles. The molecule has 36 heavy (non-hydrogen) atoms. The first kappa shape index (κ1) is 27.1. The third-order valence-corrected chi connectivity index (χ3v) is 5.49. The number of carbonyl (C=O) groups excluding carboxylic acids is 2. The van der Waals surface area contributed by atoms with Gasteiger partial charge in [0.2, 0.25) is 5.69 Å². The van der Waals surface area contributed by atoms with Crippen LogP contribution in [0.25, 0.3) is 5.52 Å². The number of nitrogens with zero attached hydrogens (tertiary/aromatic N) is 3. The lowest BCUT2D eigenvalue weighted by atomic mass is 10.1. The Morgan fingerprint density at radius 2 is 1.83 bits per heavy atom. The van der Waals surface area contributed by atoms with Gasteiger partial charge in [-0.05, 0) is 60.3 Å². The molecule has 1 aliphatic heterocycles. The Morgan fingerprint density at radius 3 is 2.36 bits per heavy atom. The van der Waals surface area contributed by atoms with E-state index < -0.39 is 28.9 Å². The highest BCUT2D eigenvalue weighted by molar-refractivity contribution is 5.87. The van der Waals surface area contributed by atoms with Gasteiger partial charge in [0.15, 0.2) is 11.6 Å². The highest BCUT2D eigenvalue weighted by Gasteiger charge is 2.32. The number of likely N-dealkylation sites (tertiary alicyclic amines) is 1. The maximum absolute atomic E-state index is 14.2. The summed E-state index contributed by atoms with van der Waals surface area (Å²) in [7, 11) is 0. The van der Waals surface area contributed by atoms with Crippen LogP contribution in [0.2, 0.25) is 0 Å². The molecule has 2 aromatic heterocycles. The van der Waals surface area contributed by atoms with Crippen LogP contribution in [0.1, 0.15) is 88.0 Å². The van der Waals surface area contributed by atoms with Crippen molar-refractivity contribution < 1.29 is 27.8 Å². The molecule has 8 nitrogen and oxygen atoms in total. The van der Waals surface area contributed by atoms with E-state index in [9.17, 15) is 23.2 Å². The fraction of sp³-hybridized carbons (Fsp3) is 0.538. The van der Waals surface area contributed by atoms with E-state index in [1.54, 1.807) is 11.8 Å². The average molecular weight is 504 g/mol. The Balaban J connectivity index is 0.000000253. The predicted molar refractivity (Wildman–Crippen MR) is 129 cm³/mol. The Labute approximate surface area is 208 Å². The SMILES string of the molecule is CC#Cc1c(F)c(F)cn2c(=O)c(C(=O)OCC)nc(C3CC3)c12.CC(C)(C)OC(=O)N1CCCC1. The molecule has 0 unspecified atom stereocenters. The third kappa shape index (κ3) is 6.20. The summed E-state index contributed by atoms with van der Waals surface area (Å²) in [5.41, 5.74) is -1.39. The molecular weight excluding hydrogens is 472 g/mol. The lowest BCUT2D eigenvalue weighted by molar-refractivity contribution is 0.0294. The van der Waals surface area contributed by atoms with Crippen molar-refractivity contribution in [2.24, 2.45) is 0 Å². The molecule has 0 N–H and O–H groups in total. The average Bonchev–Trinajstić information content (AvgIpc) is 3.49. The molecule has 0 atom stereocenters. The minimum Gasteiger partial charge on any atom is -0.461 e. The van der Waals surface area contributed by atoms with E-state index in [1.807, 2.05) is 20.8 Å². The van der Waals surface area contributed by atoms with E-state index in [4.69, 9.17) is 9.47 Å². The van der Waals surface area contributed by atoms with Crippen molar-refractivity contribution in [3.05, 3.63) is 45.1 Å². The molecule has 10 heteroatoms. The van der Waals surface area contributed by atoms with Crippen molar-refractivity contribution in [1.82, 2.24) is 14.3 Å². The molecule has 2 fully saturated rings. The summed E-state index contributed by atoms with van der Waals surface area (Å²) >= 11 is 0. The zero-order valence-corrected chi connectivity index (χ0v) is 21.2. The normalized spacial score (nSPS) is 15.0. The molecule has 1 saturated carbocycles. The summed E-state index contributed by atoms with van der Waals surface area (Å²) in [4.78, 5) is 41.8. The van der Waals surface area contributed by atoms with Crippen molar-refractivity contribution in [3.8, 4) is 11.8 Å². The van der Waals surface area contributed by atoms with Gasteiger partial charge >= 0.3 is 12.1 Å². The summed E-state index contributed by atoms with van der Waals surface area (Å²) < 4.78 is 39.0. The zero-order valence-electron chi connectivity index (χ0n) is 21.2. The number of fused-ring (bicyclic) bond motifs is 1. The summed E-state index contributed by atoms with van der Waals surface area (Å²) in [5.74, 6) is 1.77. The van der Waals surface area contributed by atoms with E-state index in [0.717, 1.165) is 49.4 Å². The van der Waals surface area contributed by atoms with Gasteiger partial charge in [-0.2, -0.15) is 0 Å². The number of amides is 1. The van der Waals surface area contributed by atoms with Gasteiger partial charge in [-0.3, -0.25) is 9.20 Å². The van der Waals surface area contributed by atoms with Crippen LogP contribution in [0.15, 0.2) is 11.0 Å². The first-order valence-electron chi connectivity index (χ1n) is 12.0. The smallest absolute Gasteiger partial charge is 0.410 e. The second kappa shape index (κ2) is 11.1. The number of hydrogen-bond donors (Lipinski definition) is 0.